The molecule has 2 nitrogen and oxygen atoms in total. The fourth-order valence-electron chi connectivity index (χ4n) is 2.84. The molecular weight excluding hydrogens is 162 g/mol. The van der Waals surface area contributed by atoms with E-state index >= 15 is 0 Å². The van der Waals surface area contributed by atoms with Crippen LogP contribution < -0.4 is 0 Å². The Bertz CT molecular complexity index is 224. The monoisotopic (exact) mass is 179 g/mol. The Kier molecular flexibility index (Phi) is 2.38. The number of hydrogen-bond donors (Lipinski definition) is 0. The Morgan fingerprint density at radius 1 is 1.31 bits per heavy atom. The second-order valence-corrected chi connectivity index (χ2v) is 4.14. The molecule has 1 aliphatic carbocycles. The Labute approximate surface area is 79.6 Å². The molecule has 0 aromatic carbocycles. The first-order chi connectivity index (χ1) is 6.33. The predicted molar refractivity (Wildman–Crippen MR) is 52.3 cm³/mol. The smallest absolute Gasteiger partial charge is 0.246 e. The lowest BCUT2D eigenvalue weighted by molar-refractivity contribution is -0.130. The van der Waals surface area contributed by atoms with E-state index in [-0.39, 0.29) is 5.91 Å². The maximum absolute atomic E-state index is 11.5. The van der Waals surface area contributed by atoms with Crippen LogP contribution in [0.15, 0.2) is 12.7 Å². The van der Waals surface area contributed by atoms with Crippen molar-refractivity contribution in [1.29, 1.82) is 0 Å². The molecule has 0 aromatic heterocycles. The van der Waals surface area contributed by atoms with E-state index in [1.54, 1.807) is 0 Å². The zero-order valence-corrected chi connectivity index (χ0v) is 8.04. The van der Waals surface area contributed by atoms with E-state index in [0.29, 0.717) is 6.04 Å². The molecule has 2 heteroatoms. The Balaban J connectivity index is 2.09. The van der Waals surface area contributed by atoms with Crippen LogP contribution in [0.5, 0.6) is 0 Å². The van der Waals surface area contributed by atoms with Gasteiger partial charge in [-0.25, -0.2) is 0 Å². The number of likely N-dealkylation sites (tertiary alicyclic amines) is 1. The Morgan fingerprint density at radius 2 is 2.08 bits per heavy atom. The number of carbonyl (C=O) groups excluding carboxylic acids is 1. The number of rotatable bonds is 1. The third-order valence-corrected chi connectivity index (χ3v) is 3.45. The van der Waals surface area contributed by atoms with Gasteiger partial charge in [-0.3, -0.25) is 4.79 Å². The standard InChI is InChI=1S/C11H17NO/c1-2-11(13)12-8-4-6-9-5-3-7-10(9)12/h2,9-10H,1,3-8H2. The molecule has 1 saturated carbocycles. The highest BCUT2D eigenvalue weighted by molar-refractivity contribution is 5.87. The molecule has 2 atom stereocenters. The lowest BCUT2D eigenvalue weighted by Gasteiger charge is -2.37. The summed E-state index contributed by atoms with van der Waals surface area (Å²) < 4.78 is 0. The van der Waals surface area contributed by atoms with Gasteiger partial charge in [-0.2, -0.15) is 0 Å². The fraction of sp³-hybridized carbons (Fsp3) is 0.727. The van der Waals surface area contributed by atoms with Crippen LogP contribution in [0.25, 0.3) is 0 Å². The predicted octanol–water partition coefficient (Wildman–Crippen LogP) is 1.96. The molecule has 13 heavy (non-hydrogen) atoms. The highest BCUT2D eigenvalue weighted by atomic mass is 16.2. The molecule has 0 aromatic rings. The van der Waals surface area contributed by atoms with E-state index in [0.717, 1.165) is 12.5 Å². The lowest BCUT2D eigenvalue weighted by atomic mass is 9.92. The van der Waals surface area contributed by atoms with Crippen molar-refractivity contribution in [3.8, 4) is 0 Å². The molecule has 0 bridgehead atoms. The van der Waals surface area contributed by atoms with Crippen molar-refractivity contribution in [1.82, 2.24) is 4.90 Å². The summed E-state index contributed by atoms with van der Waals surface area (Å²) >= 11 is 0. The molecule has 1 aliphatic heterocycles. The van der Waals surface area contributed by atoms with E-state index in [1.807, 2.05) is 4.90 Å². The van der Waals surface area contributed by atoms with Gasteiger partial charge in [0.25, 0.3) is 0 Å². The molecular formula is C11H17NO. The van der Waals surface area contributed by atoms with Crippen LogP contribution >= 0.6 is 0 Å². The molecule has 2 fully saturated rings. The fourth-order valence-corrected chi connectivity index (χ4v) is 2.84. The highest BCUT2D eigenvalue weighted by Gasteiger charge is 2.36. The number of amides is 1. The second kappa shape index (κ2) is 3.52. The minimum atomic E-state index is 0.136. The maximum Gasteiger partial charge on any atom is 0.246 e. The molecule has 0 spiro atoms. The molecule has 1 heterocycles. The highest BCUT2D eigenvalue weighted by Crippen LogP contribution is 2.36. The van der Waals surface area contributed by atoms with Crippen LogP contribution in [-0.2, 0) is 4.79 Å². The molecule has 2 rings (SSSR count). The SMILES string of the molecule is C=CC(=O)N1CCCC2CCCC21. The quantitative estimate of drug-likeness (QED) is 0.563. The first-order valence-electron chi connectivity index (χ1n) is 5.26. The zero-order chi connectivity index (χ0) is 9.26. The molecule has 1 amide bonds. The van der Waals surface area contributed by atoms with E-state index in [2.05, 4.69) is 6.58 Å². The summed E-state index contributed by atoms with van der Waals surface area (Å²) in [6, 6.07) is 0.541. The van der Waals surface area contributed by atoms with E-state index in [4.69, 9.17) is 0 Å². The van der Waals surface area contributed by atoms with Gasteiger partial charge in [0.2, 0.25) is 5.91 Å². The first-order valence-corrected chi connectivity index (χ1v) is 5.26. The summed E-state index contributed by atoms with van der Waals surface area (Å²) in [6.07, 6.45) is 7.80. The topological polar surface area (TPSA) is 20.3 Å². The van der Waals surface area contributed by atoms with Crippen molar-refractivity contribution < 1.29 is 4.79 Å². The summed E-state index contributed by atoms with van der Waals surface area (Å²) in [5, 5.41) is 0. The van der Waals surface area contributed by atoms with E-state index in [9.17, 15) is 4.79 Å². The summed E-state index contributed by atoms with van der Waals surface area (Å²) in [4.78, 5) is 13.6. The van der Waals surface area contributed by atoms with Crippen LogP contribution in [0.3, 0.4) is 0 Å². The molecule has 0 N–H and O–H groups in total. The average Bonchev–Trinajstić information content (AvgIpc) is 2.63. The maximum atomic E-state index is 11.5. The zero-order valence-electron chi connectivity index (χ0n) is 8.04. The van der Waals surface area contributed by atoms with Crippen molar-refractivity contribution >= 4 is 5.91 Å². The van der Waals surface area contributed by atoms with Gasteiger partial charge in [0.1, 0.15) is 0 Å². The normalized spacial score (nSPS) is 32.8. The van der Waals surface area contributed by atoms with Gasteiger partial charge in [-0.05, 0) is 37.7 Å². The molecule has 2 unspecified atom stereocenters. The first kappa shape index (κ1) is 8.79. The number of carbonyl (C=O) groups is 1. The molecule has 72 valence electrons. The van der Waals surface area contributed by atoms with Gasteiger partial charge >= 0.3 is 0 Å². The molecule has 0 radical (unpaired) electrons. The van der Waals surface area contributed by atoms with Crippen molar-refractivity contribution in [2.45, 2.75) is 38.1 Å². The number of hydrogen-bond acceptors (Lipinski definition) is 1. The third-order valence-electron chi connectivity index (χ3n) is 3.45. The van der Waals surface area contributed by atoms with Crippen LogP contribution in [-0.4, -0.2) is 23.4 Å². The third kappa shape index (κ3) is 1.50. The van der Waals surface area contributed by atoms with Gasteiger partial charge in [0.05, 0.1) is 0 Å². The van der Waals surface area contributed by atoms with E-state index in [1.165, 1.54) is 38.2 Å². The second-order valence-electron chi connectivity index (χ2n) is 4.14. The van der Waals surface area contributed by atoms with Gasteiger partial charge in [-0.1, -0.05) is 13.0 Å². The van der Waals surface area contributed by atoms with Crippen LogP contribution in [0, 0.1) is 5.92 Å². The number of fused-ring (bicyclic) bond motifs is 1. The largest absolute Gasteiger partial charge is 0.336 e. The summed E-state index contributed by atoms with van der Waals surface area (Å²) in [7, 11) is 0. The molecule has 1 saturated heterocycles. The Morgan fingerprint density at radius 3 is 2.85 bits per heavy atom. The summed E-state index contributed by atoms with van der Waals surface area (Å²) in [6.45, 7) is 4.51. The average molecular weight is 179 g/mol. The number of nitrogens with zero attached hydrogens (tertiary/aromatic N) is 1. The van der Waals surface area contributed by atoms with Crippen molar-refractivity contribution in [2.24, 2.45) is 5.92 Å². The Hall–Kier alpha value is -0.790. The van der Waals surface area contributed by atoms with Crippen LogP contribution in [0.2, 0.25) is 0 Å². The van der Waals surface area contributed by atoms with Crippen LogP contribution in [0.4, 0.5) is 0 Å². The molecule has 2 aliphatic rings. The van der Waals surface area contributed by atoms with Crippen molar-refractivity contribution in [3.63, 3.8) is 0 Å². The lowest BCUT2D eigenvalue weighted by Crippen LogP contribution is -2.45. The minimum absolute atomic E-state index is 0.136. The number of piperidine rings is 1. The van der Waals surface area contributed by atoms with Gasteiger partial charge < -0.3 is 4.90 Å². The van der Waals surface area contributed by atoms with Gasteiger partial charge in [0.15, 0.2) is 0 Å². The van der Waals surface area contributed by atoms with Gasteiger partial charge in [0, 0.05) is 12.6 Å². The van der Waals surface area contributed by atoms with Crippen molar-refractivity contribution in [2.75, 3.05) is 6.54 Å². The van der Waals surface area contributed by atoms with Crippen molar-refractivity contribution in [3.05, 3.63) is 12.7 Å². The van der Waals surface area contributed by atoms with Crippen LogP contribution in [0.1, 0.15) is 32.1 Å². The summed E-state index contributed by atoms with van der Waals surface area (Å²) in [5.74, 6) is 0.925. The minimum Gasteiger partial charge on any atom is -0.336 e. The van der Waals surface area contributed by atoms with E-state index < -0.39 is 0 Å². The van der Waals surface area contributed by atoms with Gasteiger partial charge in [-0.15, -0.1) is 0 Å². The summed E-state index contributed by atoms with van der Waals surface area (Å²) in [5.41, 5.74) is 0.